The molecule has 2 aromatic rings. The van der Waals surface area contributed by atoms with Crippen LogP contribution >= 0.6 is 11.8 Å². The van der Waals surface area contributed by atoms with E-state index in [4.69, 9.17) is 0 Å². The van der Waals surface area contributed by atoms with Gasteiger partial charge < -0.3 is 9.87 Å². The third-order valence-electron chi connectivity index (χ3n) is 2.52. The molecule has 3 rings (SSSR count). The minimum Gasteiger partial charge on any atom is -0.768 e. The van der Waals surface area contributed by atoms with E-state index in [0.717, 1.165) is 21.2 Å². The molecule has 0 fully saturated rings. The van der Waals surface area contributed by atoms with Gasteiger partial charge in [0.05, 0.1) is 11.4 Å². The molecule has 0 radical (unpaired) electrons. The van der Waals surface area contributed by atoms with Gasteiger partial charge >= 0.3 is 51.4 Å². The van der Waals surface area contributed by atoms with E-state index in [2.05, 4.69) is 5.32 Å². The zero-order valence-electron chi connectivity index (χ0n) is 9.67. The molecular formula is C12H8KNO2S2. The Balaban J connectivity index is 0.00000120. The Hall–Kier alpha value is 0.336. The van der Waals surface area contributed by atoms with E-state index in [0.29, 0.717) is 4.90 Å². The maximum atomic E-state index is 10.9. The summed E-state index contributed by atoms with van der Waals surface area (Å²) in [6.07, 6.45) is 0. The number of nitrogens with one attached hydrogen (secondary N) is 1. The molecule has 1 aliphatic heterocycles. The van der Waals surface area contributed by atoms with Crippen LogP contribution in [0.25, 0.3) is 0 Å². The topological polar surface area (TPSA) is 52.2 Å². The molecule has 1 aliphatic rings. The predicted molar refractivity (Wildman–Crippen MR) is 67.5 cm³/mol. The molecule has 0 saturated carbocycles. The van der Waals surface area contributed by atoms with Crippen molar-refractivity contribution < 1.29 is 60.1 Å². The zero-order valence-corrected chi connectivity index (χ0v) is 14.4. The molecule has 1 N–H and O–H groups in total. The molecule has 0 spiro atoms. The van der Waals surface area contributed by atoms with Crippen molar-refractivity contribution in [2.24, 2.45) is 0 Å². The summed E-state index contributed by atoms with van der Waals surface area (Å²) < 4.78 is 21.8. The monoisotopic (exact) mass is 301 g/mol. The van der Waals surface area contributed by atoms with Crippen LogP contribution in [0.4, 0.5) is 11.4 Å². The number of anilines is 2. The molecule has 2 aromatic carbocycles. The molecule has 1 heterocycles. The maximum absolute atomic E-state index is 10.9. The normalized spacial score (nSPS) is 13.6. The van der Waals surface area contributed by atoms with Crippen LogP contribution in [0.15, 0.2) is 57.2 Å². The van der Waals surface area contributed by atoms with Crippen LogP contribution in [-0.2, 0) is 11.1 Å². The van der Waals surface area contributed by atoms with Crippen molar-refractivity contribution in [3.05, 3.63) is 42.5 Å². The van der Waals surface area contributed by atoms with E-state index in [1.807, 2.05) is 30.3 Å². The van der Waals surface area contributed by atoms with E-state index in [1.54, 1.807) is 23.9 Å². The number of rotatable bonds is 1. The zero-order chi connectivity index (χ0) is 11.8. The first-order valence-corrected chi connectivity index (χ1v) is 6.90. The summed E-state index contributed by atoms with van der Waals surface area (Å²) in [4.78, 5) is 2.49. The van der Waals surface area contributed by atoms with E-state index >= 15 is 0 Å². The molecule has 0 amide bonds. The van der Waals surface area contributed by atoms with Gasteiger partial charge in [-0.05, 0) is 41.4 Å². The Morgan fingerprint density at radius 1 is 1.06 bits per heavy atom. The van der Waals surface area contributed by atoms with E-state index in [9.17, 15) is 8.76 Å². The van der Waals surface area contributed by atoms with E-state index in [-0.39, 0.29) is 51.4 Å². The fourth-order valence-corrected chi connectivity index (χ4v) is 3.08. The molecule has 86 valence electrons. The third-order valence-corrected chi connectivity index (χ3v) is 4.31. The Labute approximate surface area is 154 Å². The van der Waals surface area contributed by atoms with Crippen LogP contribution in [0.3, 0.4) is 0 Å². The largest absolute Gasteiger partial charge is 1.00 e. The van der Waals surface area contributed by atoms with Crippen molar-refractivity contribution in [1.29, 1.82) is 0 Å². The van der Waals surface area contributed by atoms with E-state index in [1.165, 1.54) is 0 Å². The van der Waals surface area contributed by atoms with Gasteiger partial charge in [0.15, 0.2) is 0 Å². The molecule has 1 atom stereocenters. The van der Waals surface area contributed by atoms with Crippen LogP contribution in [0.2, 0.25) is 0 Å². The number of fused-ring (bicyclic) bond motifs is 2. The third kappa shape index (κ3) is 2.91. The summed E-state index contributed by atoms with van der Waals surface area (Å²) in [6, 6.07) is 13.0. The molecule has 0 aromatic heterocycles. The minimum absolute atomic E-state index is 0. The van der Waals surface area contributed by atoms with Gasteiger partial charge in [0, 0.05) is 14.7 Å². The summed E-state index contributed by atoms with van der Waals surface area (Å²) >= 11 is -0.545. The smallest absolute Gasteiger partial charge is 0.768 e. The first-order chi connectivity index (χ1) is 8.24. The number of benzene rings is 2. The van der Waals surface area contributed by atoms with Crippen LogP contribution < -0.4 is 56.7 Å². The Morgan fingerprint density at radius 2 is 1.78 bits per heavy atom. The standard InChI is InChI=1S/C12H9NO2S2.K/c14-17(15)8-5-6-12-10(7-8)13-9-3-1-2-4-11(9)16-12;/h1-7,13H,(H,14,15);/q;+1/p-1. The van der Waals surface area contributed by atoms with Gasteiger partial charge in [0.25, 0.3) is 0 Å². The number of para-hydroxylation sites is 1. The number of hydrogen-bond donors (Lipinski definition) is 1. The summed E-state index contributed by atoms with van der Waals surface area (Å²) in [5.74, 6) is 0. The molecule has 0 bridgehead atoms. The maximum Gasteiger partial charge on any atom is 1.00 e. The average Bonchev–Trinajstić information content (AvgIpc) is 2.35. The summed E-state index contributed by atoms with van der Waals surface area (Å²) in [7, 11) is 0. The predicted octanol–water partition coefficient (Wildman–Crippen LogP) is 0.137. The molecule has 0 aliphatic carbocycles. The van der Waals surface area contributed by atoms with Crippen molar-refractivity contribution in [2.75, 3.05) is 5.32 Å². The van der Waals surface area contributed by atoms with Crippen molar-refractivity contribution in [3.63, 3.8) is 0 Å². The Bertz CT molecular complexity index is 619. The van der Waals surface area contributed by atoms with Crippen LogP contribution in [0, 0.1) is 0 Å². The van der Waals surface area contributed by atoms with Gasteiger partial charge in [-0.25, -0.2) is 0 Å². The van der Waals surface area contributed by atoms with E-state index < -0.39 is 11.1 Å². The van der Waals surface area contributed by atoms with Gasteiger partial charge in [-0.15, -0.1) is 0 Å². The van der Waals surface area contributed by atoms with Gasteiger partial charge in [0.2, 0.25) is 0 Å². The first kappa shape index (κ1) is 14.7. The van der Waals surface area contributed by atoms with Crippen molar-refractivity contribution in [2.45, 2.75) is 14.7 Å². The minimum atomic E-state index is -2.18. The van der Waals surface area contributed by atoms with Crippen LogP contribution in [0.1, 0.15) is 0 Å². The fourth-order valence-electron chi connectivity index (χ4n) is 1.72. The molecule has 6 heteroatoms. The summed E-state index contributed by atoms with van der Waals surface area (Å²) in [5.41, 5.74) is 1.86. The molecule has 1 unspecified atom stereocenters. The second kappa shape index (κ2) is 6.19. The van der Waals surface area contributed by atoms with Gasteiger partial charge in [0.1, 0.15) is 0 Å². The second-order valence-corrected chi connectivity index (χ2v) is 5.64. The Kier molecular flexibility index (Phi) is 5.07. The second-order valence-electron chi connectivity index (χ2n) is 3.62. The van der Waals surface area contributed by atoms with Gasteiger partial charge in [-0.2, -0.15) is 0 Å². The summed E-state index contributed by atoms with van der Waals surface area (Å²) in [5, 5.41) is 3.24. The fraction of sp³-hybridized carbons (Fsp3) is 0. The summed E-state index contributed by atoms with van der Waals surface area (Å²) in [6.45, 7) is 0. The average molecular weight is 301 g/mol. The molecule has 18 heavy (non-hydrogen) atoms. The molecule has 0 saturated heterocycles. The number of hydrogen-bond acceptors (Lipinski definition) is 4. The molecule has 3 nitrogen and oxygen atoms in total. The van der Waals surface area contributed by atoms with Crippen molar-refractivity contribution in [1.82, 2.24) is 0 Å². The van der Waals surface area contributed by atoms with Crippen LogP contribution in [0.5, 0.6) is 0 Å². The van der Waals surface area contributed by atoms with Gasteiger partial charge in [-0.3, -0.25) is 4.21 Å². The van der Waals surface area contributed by atoms with Crippen molar-refractivity contribution in [3.8, 4) is 0 Å². The Morgan fingerprint density at radius 3 is 2.56 bits per heavy atom. The van der Waals surface area contributed by atoms with Gasteiger partial charge in [-0.1, -0.05) is 23.9 Å². The van der Waals surface area contributed by atoms with Crippen LogP contribution in [-0.4, -0.2) is 8.76 Å². The first-order valence-electron chi connectivity index (χ1n) is 5.01. The quantitative estimate of drug-likeness (QED) is 0.513. The SMILES string of the molecule is O=S([O-])c1ccc2c(c1)Nc1ccccc1S2.[K+]. The van der Waals surface area contributed by atoms with Crippen molar-refractivity contribution >= 4 is 34.2 Å². The molecular weight excluding hydrogens is 293 g/mol.